The topological polar surface area (TPSA) is 96.7 Å². The first-order valence-electron chi connectivity index (χ1n) is 5.99. The summed E-state index contributed by atoms with van der Waals surface area (Å²) in [6.07, 6.45) is 0. The van der Waals surface area contributed by atoms with Crippen LogP contribution in [0.2, 0.25) is 5.02 Å². The number of nitrogens with two attached hydrogens (primary N) is 1. The molecule has 20 heavy (non-hydrogen) atoms. The molecule has 0 aliphatic carbocycles. The van der Waals surface area contributed by atoms with Gasteiger partial charge in [-0.3, -0.25) is 0 Å². The lowest BCUT2D eigenvalue weighted by molar-refractivity contribution is 0.318. The standard InChI is InChI=1S/C13H15ClN4O2/c1-8-4-11(18-20-8)7-16-6-10-3-2-9(5-12(10)14)13(15)17-19/h2-5,16,19H,6-7H2,1H3,(H2,15,17). The van der Waals surface area contributed by atoms with E-state index in [-0.39, 0.29) is 5.84 Å². The van der Waals surface area contributed by atoms with Crippen LogP contribution in [0, 0.1) is 6.92 Å². The fourth-order valence-corrected chi connectivity index (χ4v) is 1.98. The predicted octanol–water partition coefficient (Wildman–Crippen LogP) is 2.02. The Morgan fingerprint density at radius 3 is 2.85 bits per heavy atom. The maximum Gasteiger partial charge on any atom is 0.170 e. The third kappa shape index (κ3) is 3.49. The summed E-state index contributed by atoms with van der Waals surface area (Å²) in [4.78, 5) is 0. The first-order chi connectivity index (χ1) is 9.60. The summed E-state index contributed by atoms with van der Waals surface area (Å²) < 4.78 is 4.98. The first-order valence-corrected chi connectivity index (χ1v) is 6.37. The van der Waals surface area contributed by atoms with Crippen molar-refractivity contribution in [1.82, 2.24) is 10.5 Å². The molecular formula is C13H15ClN4O2. The molecule has 0 aliphatic rings. The lowest BCUT2D eigenvalue weighted by atomic mass is 10.1. The summed E-state index contributed by atoms with van der Waals surface area (Å²) in [7, 11) is 0. The molecule has 7 heteroatoms. The molecule has 2 rings (SSSR count). The van der Waals surface area contributed by atoms with Crippen molar-refractivity contribution in [3.63, 3.8) is 0 Å². The summed E-state index contributed by atoms with van der Waals surface area (Å²) in [5.74, 6) is 0.812. The van der Waals surface area contributed by atoms with Crippen molar-refractivity contribution < 1.29 is 9.73 Å². The highest BCUT2D eigenvalue weighted by Gasteiger charge is 2.06. The zero-order valence-corrected chi connectivity index (χ0v) is 11.7. The van der Waals surface area contributed by atoms with Gasteiger partial charge < -0.3 is 20.8 Å². The lowest BCUT2D eigenvalue weighted by Gasteiger charge is -2.07. The van der Waals surface area contributed by atoms with Gasteiger partial charge in [-0.15, -0.1) is 0 Å². The van der Waals surface area contributed by atoms with Gasteiger partial charge in [0.05, 0.1) is 5.69 Å². The second-order valence-corrected chi connectivity index (χ2v) is 4.73. The zero-order chi connectivity index (χ0) is 14.5. The molecule has 0 amide bonds. The third-order valence-electron chi connectivity index (χ3n) is 2.75. The minimum absolute atomic E-state index is 0.0319. The molecule has 0 spiro atoms. The van der Waals surface area contributed by atoms with Crippen molar-refractivity contribution >= 4 is 17.4 Å². The Bertz CT molecular complexity index is 625. The van der Waals surface area contributed by atoms with Crippen LogP contribution in [0.15, 0.2) is 33.9 Å². The van der Waals surface area contributed by atoms with E-state index in [4.69, 9.17) is 27.1 Å². The van der Waals surface area contributed by atoms with Crippen LogP contribution in [0.3, 0.4) is 0 Å². The molecule has 0 aliphatic heterocycles. The van der Waals surface area contributed by atoms with E-state index in [2.05, 4.69) is 15.6 Å². The van der Waals surface area contributed by atoms with Crippen LogP contribution < -0.4 is 11.1 Å². The second kappa shape index (κ2) is 6.40. The Kier molecular flexibility index (Phi) is 4.60. The maximum absolute atomic E-state index is 8.61. The van der Waals surface area contributed by atoms with Gasteiger partial charge in [0.2, 0.25) is 0 Å². The number of hydrogen-bond donors (Lipinski definition) is 3. The minimum Gasteiger partial charge on any atom is -0.409 e. The van der Waals surface area contributed by atoms with Crippen LogP contribution in [0.5, 0.6) is 0 Å². The number of hydrogen-bond acceptors (Lipinski definition) is 5. The number of rotatable bonds is 5. The molecule has 1 heterocycles. The van der Waals surface area contributed by atoms with Crippen molar-refractivity contribution in [2.45, 2.75) is 20.0 Å². The second-order valence-electron chi connectivity index (χ2n) is 4.32. The highest BCUT2D eigenvalue weighted by atomic mass is 35.5. The van der Waals surface area contributed by atoms with Gasteiger partial charge in [0.15, 0.2) is 5.84 Å². The SMILES string of the molecule is Cc1cc(CNCc2ccc(/C(N)=N/O)cc2Cl)no1. The molecule has 4 N–H and O–H groups in total. The van der Waals surface area contributed by atoms with E-state index >= 15 is 0 Å². The van der Waals surface area contributed by atoms with Gasteiger partial charge in [0.1, 0.15) is 5.76 Å². The van der Waals surface area contributed by atoms with E-state index < -0.39 is 0 Å². The number of nitrogens with one attached hydrogen (secondary N) is 1. The molecule has 0 bridgehead atoms. The first kappa shape index (κ1) is 14.4. The average Bonchev–Trinajstić information content (AvgIpc) is 2.85. The maximum atomic E-state index is 8.61. The smallest absolute Gasteiger partial charge is 0.170 e. The van der Waals surface area contributed by atoms with Crippen LogP contribution in [0.1, 0.15) is 22.6 Å². The monoisotopic (exact) mass is 294 g/mol. The molecule has 0 saturated carbocycles. The van der Waals surface area contributed by atoms with Crippen LogP contribution >= 0.6 is 11.6 Å². The molecule has 1 aromatic carbocycles. The molecular weight excluding hydrogens is 280 g/mol. The lowest BCUT2D eigenvalue weighted by Crippen LogP contribution is -2.15. The van der Waals surface area contributed by atoms with Crippen molar-refractivity contribution in [3.8, 4) is 0 Å². The van der Waals surface area contributed by atoms with E-state index in [0.717, 1.165) is 17.0 Å². The van der Waals surface area contributed by atoms with E-state index in [1.165, 1.54) is 0 Å². The van der Waals surface area contributed by atoms with Crippen molar-refractivity contribution in [1.29, 1.82) is 0 Å². The summed E-state index contributed by atoms with van der Waals surface area (Å²) >= 11 is 6.15. The molecule has 1 aromatic heterocycles. The Morgan fingerprint density at radius 2 is 2.25 bits per heavy atom. The molecule has 2 aromatic rings. The number of benzene rings is 1. The number of amidine groups is 1. The van der Waals surface area contributed by atoms with Crippen molar-refractivity contribution in [2.24, 2.45) is 10.9 Å². The van der Waals surface area contributed by atoms with Gasteiger partial charge in [-0.2, -0.15) is 0 Å². The van der Waals surface area contributed by atoms with E-state index in [1.807, 2.05) is 19.1 Å². The minimum atomic E-state index is 0.0319. The largest absolute Gasteiger partial charge is 0.409 e. The van der Waals surface area contributed by atoms with Gasteiger partial charge in [-0.05, 0) is 18.6 Å². The molecule has 6 nitrogen and oxygen atoms in total. The quantitative estimate of drug-likeness (QED) is 0.339. The zero-order valence-electron chi connectivity index (χ0n) is 10.9. The van der Waals surface area contributed by atoms with Gasteiger partial charge >= 0.3 is 0 Å². The van der Waals surface area contributed by atoms with Gasteiger partial charge in [-0.1, -0.05) is 34.0 Å². The van der Waals surface area contributed by atoms with Crippen LogP contribution in [0.4, 0.5) is 0 Å². The summed E-state index contributed by atoms with van der Waals surface area (Å²) in [5, 5.41) is 19.2. The normalized spacial score (nSPS) is 11.8. The Hall–Kier alpha value is -2.05. The van der Waals surface area contributed by atoms with E-state index in [0.29, 0.717) is 23.7 Å². The molecule has 0 unspecified atom stereocenters. The Labute approximate surface area is 121 Å². The molecule has 106 valence electrons. The number of aryl methyl sites for hydroxylation is 1. The number of aromatic nitrogens is 1. The van der Waals surface area contributed by atoms with Gasteiger partial charge in [0, 0.05) is 29.7 Å². The fraction of sp³-hybridized carbons (Fsp3) is 0.231. The van der Waals surface area contributed by atoms with Gasteiger partial charge in [-0.25, -0.2) is 0 Å². The Morgan fingerprint density at radius 1 is 1.45 bits per heavy atom. The summed E-state index contributed by atoms with van der Waals surface area (Å²) in [5.41, 5.74) is 7.83. The summed E-state index contributed by atoms with van der Waals surface area (Å²) in [6, 6.07) is 7.11. The van der Waals surface area contributed by atoms with Crippen molar-refractivity contribution in [3.05, 3.63) is 51.9 Å². The Balaban J connectivity index is 1.96. The molecule has 0 fully saturated rings. The van der Waals surface area contributed by atoms with Crippen LogP contribution in [-0.2, 0) is 13.1 Å². The van der Waals surface area contributed by atoms with E-state index in [1.54, 1.807) is 12.1 Å². The van der Waals surface area contributed by atoms with E-state index in [9.17, 15) is 0 Å². The molecule has 0 saturated heterocycles. The summed E-state index contributed by atoms with van der Waals surface area (Å²) in [6.45, 7) is 3.02. The molecule has 0 radical (unpaired) electrons. The fourth-order valence-electron chi connectivity index (χ4n) is 1.73. The predicted molar refractivity (Wildman–Crippen MR) is 75.7 cm³/mol. The number of nitrogens with zero attached hydrogens (tertiary/aromatic N) is 2. The number of halogens is 1. The molecule has 0 atom stereocenters. The third-order valence-corrected chi connectivity index (χ3v) is 3.11. The highest BCUT2D eigenvalue weighted by Crippen LogP contribution is 2.18. The number of oxime groups is 1. The highest BCUT2D eigenvalue weighted by molar-refractivity contribution is 6.31. The van der Waals surface area contributed by atoms with Crippen LogP contribution in [-0.4, -0.2) is 16.2 Å². The average molecular weight is 295 g/mol. The van der Waals surface area contributed by atoms with Crippen LogP contribution in [0.25, 0.3) is 0 Å². The van der Waals surface area contributed by atoms with Gasteiger partial charge in [0.25, 0.3) is 0 Å². The van der Waals surface area contributed by atoms with Crippen molar-refractivity contribution in [2.75, 3.05) is 0 Å².